The molecule has 1 saturated heterocycles. The molecule has 30 heavy (non-hydrogen) atoms. The third-order valence-electron chi connectivity index (χ3n) is 6.17. The van der Waals surface area contributed by atoms with Crippen LogP contribution in [0.3, 0.4) is 0 Å². The number of halogens is 1. The van der Waals surface area contributed by atoms with Gasteiger partial charge >= 0.3 is 0 Å². The molecule has 4 rings (SSSR count). The number of hydrogen-bond acceptors (Lipinski definition) is 3. The fraction of sp³-hybridized carbons (Fsp3) is 0.435. The molecular formula is C23H27FN2O3S. The summed E-state index contributed by atoms with van der Waals surface area (Å²) >= 11 is 0. The number of amides is 1. The lowest BCUT2D eigenvalue weighted by Gasteiger charge is -2.39. The average Bonchev–Trinajstić information content (AvgIpc) is 2.92. The van der Waals surface area contributed by atoms with Crippen LogP contribution >= 0.6 is 0 Å². The minimum atomic E-state index is -3.68. The van der Waals surface area contributed by atoms with E-state index in [-0.39, 0.29) is 21.8 Å². The van der Waals surface area contributed by atoms with Gasteiger partial charge in [-0.05, 0) is 72.6 Å². The lowest BCUT2D eigenvalue weighted by atomic mass is 9.65. The Morgan fingerprint density at radius 2 is 1.80 bits per heavy atom. The molecule has 2 aliphatic rings. The molecule has 0 spiro atoms. The Kier molecular flexibility index (Phi) is 5.02. The lowest BCUT2D eigenvalue weighted by molar-refractivity contribution is 0.102. The van der Waals surface area contributed by atoms with Gasteiger partial charge in [-0.3, -0.25) is 4.79 Å². The molecule has 0 radical (unpaired) electrons. The van der Waals surface area contributed by atoms with Crippen LogP contribution in [0, 0.1) is 16.6 Å². The Labute approximate surface area is 177 Å². The summed E-state index contributed by atoms with van der Waals surface area (Å²) in [6.45, 7) is 7.11. The molecule has 2 aromatic rings. The molecule has 1 aliphatic carbocycles. The molecule has 160 valence electrons. The third-order valence-corrected chi connectivity index (χ3v) is 8.07. The topological polar surface area (TPSA) is 66.5 Å². The summed E-state index contributed by atoms with van der Waals surface area (Å²) in [4.78, 5) is 12.6. The van der Waals surface area contributed by atoms with Gasteiger partial charge in [-0.15, -0.1) is 0 Å². The van der Waals surface area contributed by atoms with E-state index in [0.29, 0.717) is 17.8 Å². The summed E-state index contributed by atoms with van der Waals surface area (Å²) < 4.78 is 41.6. The number of nitrogens with zero attached hydrogens (tertiary/aromatic N) is 1. The van der Waals surface area contributed by atoms with Crippen LogP contribution in [0.2, 0.25) is 0 Å². The van der Waals surface area contributed by atoms with Crippen LogP contribution in [-0.4, -0.2) is 31.2 Å². The highest BCUT2D eigenvalue weighted by Gasteiger charge is 2.53. The van der Waals surface area contributed by atoms with Crippen molar-refractivity contribution in [2.45, 2.75) is 51.0 Å². The molecule has 1 amide bonds. The molecule has 5 nitrogen and oxygen atoms in total. The van der Waals surface area contributed by atoms with Crippen molar-refractivity contribution in [1.29, 1.82) is 0 Å². The minimum Gasteiger partial charge on any atom is -0.322 e. The van der Waals surface area contributed by atoms with Gasteiger partial charge in [0.25, 0.3) is 5.91 Å². The van der Waals surface area contributed by atoms with Gasteiger partial charge in [-0.25, -0.2) is 12.8 Å². The van der Waals surface area contributed by atoms with Crippen molar-refractivity contribution in [2.24, 2.45) is 10.8 Å². The maximum Gasteiger partial charge on any atom is 0.255 e. The van der Waals surface area contributed by atoms with E-state index in [1.165, 1.54) is 30.3 Å². The van der Waals surface area contributed by atoms with Gasteiger partial charge in [-0.1, -0.05) is 26.8 Å². The van der Waals surface area contributed by atoms with E-state index in [4.69, 9.17) is 0 Å². The fourth-order valence-electron chi connectivity index (χ4n) is 5.36. The summed E-state index contributed by atoms with van der Waals surface area (Å²) in [5.74, 6) is -0.844. The van der Waals surface area contributed by atoms with Crippen molar-refractivity contribution in [2.75, 3.05) is 11.9 Å². The molecule has 1 aliphatic heterocycles. The first-order valence-electron chi connectivity index (χ1n) is 10.2. The second kappa shape index (κ2) is 7.17. The van der Waals surface area contributed by atoms with Gasteiger partial charge in [0.1, 0.15) is 5.82 Å². The van der Waals surface area contributed by atoms with Crippen LogP contribution in [-0.2, 0) is 10.0 Å². The number of hydrogen-bond donors (Lipinski definition) is 1. The summed E-state index contributed by atoms with van der Waals surface area (Å²) in [5.41, 5.74) is 0.799. The van der Waals surface area contributed by atoms with Gasteiger partial charge in [0, 0.05) is 23.8 Å². The number of fused-ring (bicyclic) bond motifs is 2. The molecule has 0 unspecified atom stereocenters. The number of nitrogens with one attached hydrogen (secondary N) is 1. The number of benzene rings is 2. The Hall–Kier alpha value is -2.25. The van der Waals surface area contributed by atoms with Crippen molar-refractivity contribution in [3.63, 3.8) is 0 Å². The smallest absolute Gasteiger partial charge is 0.255 e. The number of carbonyl (C=O) groups is 1. The maximum atomic E-state index is 13.4. The van der Waals surface area contributed by atoms with Crippen molar-refractivity contribution in [1.82, 2.24) is 4.31 Å². The zero-order valence-corrected chi connectivity index (χ0v) is 18.3. The van der Waals surface area contributed by atoms with E-state index in [0.717, 1.165) is 19.3 Å². The van der Waals surface area contributed by atoms with Crippen LogP contribution in [0.4, 0.5) is 10.1 Å². The second-order valence-electron chi connectivity index (χ2n) is 9.75. The SMILES string of the molecule is CC1(C)C[C@@H]2C[C@@](C)(CN2S(=O)(=O)c2cccc(NC(=O)c3ccc(F)cc3)c2)C1. The Bertz CT molecular complexity index is 1080. The summed E-state index contributed by atoms with van der Waals surface area (Å²) in [6.07, 6.45) is 2.75. The van der Waals surface area contributed by atoms with E-state index in [2.05, 4.69) is 26.1 Å². The second-order valence-corrected chi connectivity index (χ2v) is 11.6. The molecule has 1 N–H and O–H groups in total. The number of anilines is 1. The first kappa shape index (κ1) is 21.0. The highest BCUT2D eigenvalue weighted by molar-refractivity contribution is 7.89. The van der Waals surface area contributed by atoms with Crippen LogP contribution in [0.25, 0.3) is 0 Å². The Balaban J connectivity index is 1.57. The first-order valence-corrected chi connectivity index (χ1v) is 11.6. The summed E-state index contributed by atoms with van der Waals surface area (Å²) in [7, 11) is -3.68. The largest absolute Gasteiger partial charge is 0.322 e. The third kappa shape index (κ3) is 4.01. The van der Waals surface area contributed by atoms with Gasteiger partial charge in [0.05, 0.1) is 4.90 Å². The van der Waals surface area contributed by atoms with Crippen LogP contribution in [0.5, 0.6) is 0 Å². The Morgan fingerprint density at radius 1 is 1.10 bits per heavy atom. The monoisotopic (exact) mass is 430 g/mol. The van der Waals surface area contributed by atoms with E-state index >= 15 is 0 Å². The molecular weight excluding hydrogens is 403 g/mol. The van der Waals surface area contributed by atoms with Gasteiger partial charge in [0.2, 0.25) is 10.0 Å². The van der Waals surface area contributed by atoms with Crippen molar-refractivity contribution < 1.29 is 17.6 Å². The first-order chi connectivity index (χ1) is 14.0. The number of carbonyl (C=O) groups excluding carboxylic acids is 1. The van der Waals surface area contributed by atoms with Gasteiger partial charge < -0.3 is 5.32 Å². The fourth-order valence-corrected chi connectivity index (χ4v) is 7.18. The van der Waals surface area contributed by atoms with E-state index in [9.17, 15) is 17.6 Å². The summed E-state index contributed by atoms with van der Waals surface area (Å²) in [5, 5.41) is 2.70. The average molecular weight is 431 g/mol. The molecule has 1 saturated carbocycles. The highest BCUT2D eigenvalue weighted by Crippen LogP contribution is 2.53. The van der Waals surface area contributed by atoms with Gasteiger partial charge in [0.15, 0.2) is 0 Å². The maximum absolute atomic E-state index is 13.4. The van der Waals surface area contributed by atoms with E-state index in [1.807, 2.05) is 0 Å². The minimum absolute atomic E-state index is 0.00112. The number of rotatable bonds is 4. The van der Waals surface area contributed by atoms with Crippen molar-refractivity contribution >= 4 is 21.6 Å². The molecule has 2 fully saturated rings. The molecule has 2 atom stereocenters. The van der Waals surface area contributed by atoms with Crippen LogP contribution < -0.4 is 5.32 Å². The molecule has 7 heteroatoms. The molecule has 1 heterocycles. The quantitative estimate of drug-likeness (QED) is 0.767. The predicted molar refractivity (Wildman–Crippen MR) is 114 cm³/mol. The van der Waals surface area contributed by atoms with E-state index in [1.54, 1.807) is 22.5 Å². The summed E-state index contributed by atoms with van der Waals surface area (Å²) in [6, 6.07) is 11.5. The predicted octanol–water partition coefficient (Wildman–Crippen LogP) is 4.67. The van der Waals surface area contributed by atoms with Crippen LogP contribution in [0.1, 0.15) is 50.4 Å². The Morgan fingerprint density at radius 3 is 2.50 bits per heavy atom. The van der Waals surface area contributed by atoms with Crippen molar-refractivity contribution in [3.8, 4) is 0 Å². The highest BCUT2D eigenvalue weighted by atomic mass is 32.2. The zero-order chi connectivity index (χ0) is 21.7. The van der Waals surface area contributed by atoms with E-state index < -0.39 is 21.7 Å². The molecule has 0 aromatic heterocycles. The molecule has 2 bridgehead atoms. The lowest BCUT2D eigenvalue weighted by Crippen LogP contribution is -2.37. The zero-order valence-electron chi connectivity index (χ0n) is 17.5. The van der Waals surface area contributed by atoms with Crippen LogP contribution in [0.15, 0.2) is 53.4 Å². The van der Waals surface area contributed by atoms with Gasteiger partial charge in [-0.2, -0.15) is 4.31 Å². The normalized spacial score (nSPS) is 25.8. The van der Waals surface area contributed by atoms with Crippen molar-refractivity contribution in [3.05, 3.63) is 59.9 Å². The number of sulfonamides is 1. The molecule has 2 aromatic carbocycles. The standard InChI is InChI=1S/C23H27FN2O3S/c1-22(2)12-19-13-23(3,14-22)15-26(19)30(28,29)20-6-4-5-18(11-20)25-21(27)16-7-9-17(24)10-8-16/h4-11,19H,12-15H2,1-3H3,(H,25,27)/t19-,23-/m1/s1.